The van der Waals surface area contributed by atoms with Gasteiger partial charge >= 0.3 is 5.69 Å². The van der Waals surface area contributed by atoms with Crippen molar-refractivity contribution in [1.29, 1.82) is 0 Å². The summed E-state index contributed by atoms with van der Waals surface area (Å²) in [4.78, 5) is 27.2. The third-order valence-corrected chi connectivity index (χ3v) is 2.24. The van der Waals surface area contributed by atoms with E-state index in [0.29, 0.717) is 22.4 Å². The number of nitrogens with one attached hydrogen (secondary N) is 2. The summed E-state index contributed by atoms with van der Waals surface area (Å²) in [6, 6.07) is 3.06. The van der Waals surface area contributed by atoms with E-state index in [1.807, 2.05) is 0 Å². The number of halogens is 1. The van der Waals surface area contributed by atoms with Gasteiger partial charge in [0.2, 0.25) is 0 Å². The molecule has 0 saturated heterocycles. The van der Waals surface area contributed by atoms with Crippen LogP contribution in [0.3, 0.4) is 0 Å². The van der Waals surface area contributed by atoms with Crippen LogP contribution in [0.2, 0.25) is 0 Å². The number of hydrogen-bond acceptors (Lipinski definition) is 4. The third-order valence-electron chi connectivity index (χ3n) is 2.24. The van der Waals surface area contributed by atoms with Crippen molar-refractivity contribution in [1.82, 2.24) is 9.97 Å². The van der Waals surface area contributed by atoms with Gasteiger partial charge in [-0.2, -0.15) is 0 Å². The molecule has 0 saturated carbocycles. The van der Waals surface area contributed by atoms with Gasteiger partial charge in [-0.05, 0) is 6.07 Å². The molecule has 0 amide bonds. The Hall–Kier alpha value is -1.95. The van der Waals surface area contributed by atoms with Gasteiger partial charge in [0.25, 0.3) is 5.56 Å². The van der Waals surface area contributed by atoms with E-state index in [-0.39, 0.29) is 12.4 Å². The summed E-state index contributed by atoms with van der Waals surface area (Å²) in [7, 11) is 2.96. The molecule has 2 rings (SSSR count). The van der Waals surface area contributed by atoms with E-state index in [2.05, 4.69) is 9.97 Å². The van der Waals surface area contributed by atoms with Gasteiger partial charge in [-0.1, -0.05) is 0 Å². The molecule has 1 aromatic heterocycles. The van der Waals surface area contributed by atoms with E-state index in [4.69, 9.17) is 9.47 Å². The first kappa shape index (κ1) is 13.1. The molecule has 6 nitrogen and oxygen atoms in total. The minimum Gasteiger partial charge on any atom is -0.493 e. The highest BCUT2D eigenvalue weighted by Gasteiger charge is 2.08. The van der Waals surface area contributed by atoms with Crippen LogP contribution in [0.5, 0.6) is 11.5 Å². The van der Waals surface area contributed by atoms with Crippen molar-refractivity contribution < 1.29 is 9.47 Å². The summed E-state index contributed by atoms with van der Waals surface area (Å²) in [5.74, 6) is 0.892. The second-order valence-corrected chi connectivity index (χ2v) is 3.16. The van der Waals surface area contributed by atoms with Crippen LogP contribution < -0.4 is 20.7 Å². The van der Waals surface area contributed by atoms with E-state index >= 15 is 0 Å². The Morgan fingerprint density at radius 2 is 1.59 bits per heavy atom. The van der Waals surface area contributed by atoms with Gasteiger partial charge in [-0.25, -0.2) is 4.79 Å². The summed E-state index contributed by atoms with van der Waals surface area (Å²) in [5, 5.41) is 0.345. The molecule has 17 heavy (non-hydrogen) atoms. The van der Waals surface area contributed by atoms with E-state index in [9.17, 15) is 9.59 Å². The Morgan fingerprint density at radius 3 is 2.18 bits per heavy atom. The van der Waals surface area contributed by atoms with Gasteiger partial charge < -0.3 is 14.5 Å². The lowest BCUT2D eigenvalue weighted by Crippen LogP contribution is -2.21. The zero-order valence-corrected chi connectivity index (χ0v) is 10.0. The molecule has 92 valence electrons. The number of aromatic nitrogens is 2. The lowest BCUT2D eigenvalue weighted by molar-refractivity contribution is 0.355. The monoisotopic (exact) mass is 258 g/mol. The quantitative estimate of drug-likeness (QED) is 0.829. The van der Waals surface area contributed by atoms with Gasteiger partial charge in [0.05, 0.1) is 25.1 Å². The van der Waals surface area contributed by atoms with E-state index in [1.54, 1.807) is 6.07 Å². The molecular weight excluding hydrogens is 248 g/mol. The molecule has 1 aromatic carbocycles. The standard InChI is InChI=1S/C10H10N2O4.ClH/c1-15-7-3-5-6(4-8(7)16-2)11-10(14)12-9(5)13;/h3-4H,1-2H3,(H2,11,12,13,14);1H. The summed E-state index contributed by atoms with van der Waals surface area (Å²) in [5.41, 5.74) is -0.601. The summed E-state index contributed by atoms with van der Waals surface area (Å²) in [6.45, 7) is 0. The Kier molecular flexibility index (Phi) is 3.80. The SMILES string of the molecule is COc1cc2[nH]c(=O)[nH]c(=O)c2cc1OC.Cl. The fourth-order valence-corrected chi connectivity index (χ4v) is 1.49. The van der Waals surface area contributed by atoms with Crippen LogP contribution in [0.25, 0.3) is 10.9 Å². The molecular formula is C10H11ClN2O4. The maximum absolute atomic E-state index is 11.5. The van der Waals surface area contributed by atoms with Gasteiger partial charge in [0, 0.05) is 6.07 Å². The molecule has 0 aliphatic rings. The molecule has 0 aliphatic carbocycles. The summed E-state index contributed by atoms with van der Waals surface area (Å²) in [6.07, 6.45) is 0. The van der Waals surface area contributed by atoms with Gasteiger partial charge in [0.1, 0.15) is 0 Å². The second-order valence-electron chi connectivity index (χ2n) is 3.16. The van der Waals surface area contributed by atoms with E-state index in [1.165, 1.54) is 20.3 Å². The fourth-order valence-electron chi connectivity index (χ4n) is 1.49. The Bertz CT molecular complexity index is 647. The van der Waals surface area contributed by atoms with Crippen molar-refractivity contribution in [2.24, 2.45) is 0 Å². The number of H-pyrrole nitrogens is 2. The zero-order chi connectivity index (χ0) is 11.7. The van der Waals surface area contributed by atoms with Crippen molar-refractivity contribution >= 4 is 23.3 Å². The molecule has 0 unspecified atom stereocenters. The first-order valence-corrected chi connectivity index (χ1v) is 4.54. The third kappa shape index (κ3) is 2.26. The van der Waals surface area contributed by atoms with Crippen LogP contribution in [-0.4, -0.2) is 24.2 Å². The number of hydrogen-bond donors (Lipinski definition) is 2. The van der Waals surface area contributed by atoms with Crippen molar-refractivity contribution in [2.45, 2.75) is 0 Å². The van der Waals surface area contributed by atoms with Crippen LogP contribution in [0.1, 0.15) is 0 Å². The average Bonchev–Trinajstić information content (AvgIpc) is 2.27. The highest BCUT2D eigenvalue weighted by atomic mass is 35.5. The van der Waals surface area contributed by atoms with E-state index < -0.39 is 11.2 Å². The van der Waals surface area contributed by atoms with Crippen molar-refractivity contribution in [3.8, 4) is 11.5 Å². The largest absolute Gasteiger partial charge is 0.493 e. The Balaban J connectivity index is 0.00000144. The van der Waals surface area contributed by atoms with Gasteiger partial charge in [-0.3, -0.25) is 9.78 Å². The molecule has 1 heterocycles. The number of fused-ring (bicyclic) bond motifs is 1. The molecule has 0 spiro atoms. The predicted molar refractivity (Wildman–Crippen MR) is 65.5 cm³/mol. The molecule has 2 aromatic rings. The number of methoxy groups -OCH3 is 2. The lowest BCUT2D eigenvalue weighted by atomic mass is 10.2. The maximum Gasteiger partial charge on any atom is 0.326 e. The first-order chi connectivity index (χ1) is 7.65. The highest BCUT2D eigenvalue weighted by Crippen LogP contribution is 2.29. The van der Waals surface area contributed by atoms with Crippen LogP contribution in [0, 0.1) is 0 Å². The highest BCUT2D eigenvalue weighted by molar-refractivity contribution is 5.85. The first-order valence-electron chi connectivity index (χ1n) is 4.54. The number of aromatic amines is 2. The minimum atomic E-state index is -0.551. The van der Waals surface area contributed by atoms with Gasteiger partial charge in [0.15, 0.2) is 11.5 Å². The van der Waals surface area contributed by atoms with Crippen molar-refractivity contribution in [3.63, 3.8) is 0 Å². The lowest BCUT2D eigenvalue weighted by Gasteiger charge is -2.07. The number of benzene rings is 1. The van der Waals surface area contributed by atoms with Crippen LogP contribution in [0.4, 0.5) is 0 Å². The van der Waals surface area contributed by atoms with Crippen molar-refractivity contribution in [3.05, 3.63) is 33.0 Å². The van der Waals surface area contributed by atoms with Gasteiger partial charge in [-0.15, -0.1) is 12.4 Å². The zero-order valence-electron chi connectivity index (χ0n) is 9.20. The number of rotatable bonds is 2. The Labute approximate surface area is 102 Å². The smallest absolute Gasteiger partial charge is 0.326 e. The molecule has 0 fully saturated rings. The predicted octanol–water partition coefficient (Wildman–Crippen LogP) is 0.655. The molecule has 0 atom stereocenters. The molecule has 0 aliphatic heterocycles. The molecule has 2 N–H and O–H groups in total. The fraction of sp³-hybridized carbons (Fsp3) is 0.200. The minimum absolute atomic E-state index is 0. The van der Waals surface area contributed by atoms with Crippen LogP contribution in [-0.2, 0) is 0 Å². The van der Waals surface area contributed by atoms with E-state index in [0.717, 1.165) is 0 Å². The number of ether oxygens (including phenoxy) is 2. The topological polar surface area (TPSA) is 84.2 Å². The molecule has 0 radical (unpaired) electrons. The normalized spacial score (nSPS) is 9.76. The van der Waals surface area contributed by atoms with Crippen LogP contribution in [0.15, 0.2) is 21.7 Å². The second kappa shape index (κ2) is 4.92. The molecule has 0 bridgehead atoms. The van der Waals surface area contributed by atoms with Crippen molar-refractivity contribution in [2.75, 3.05) is 14.2 Å². The molecule has 7 heteroatoms. The van der Waals surface area contributed by atoms with Crippen LogP contribution >= 0.6 is 12.4 Å². The summed E-state index contributed by atoms with van der Waals surface area (Å²) >= 11 is 0. The maximum atomic E-state index is 11.5. The average molecular weight is 259 g/mol. The Morgan fingerprint density at radius 1 is 1.00 bits per heavy atom. The summed E-state index contributed by atoms with van der Waals surface area (Å²) < 4.78 is 10.1.